The minimum Gasteiger partial charge on any atom is -0.396 e. The molecule has 1 heterocycles. The number of aliphatic hydroxyl groups excluding tert-OH is 1. The highest BCUT2D eigenvalue weighted by Gasteiger charge is 2.04. The van der Waals surface area contributed by atoms with E-state index in [0.717, 1.165) is 18.7 Å². The highest BCUT2D eigenvalue weighted by Crippen LogP contribution is 1.97. The summed E-state index contributed by atoms with van der Waals surface area (Å²) in [6.45, 7) is 2.99. The third kappa shape index (κ3) is 3.81. The van der Waals surface area contributed by atoms with Crippen LogP contribution in [-0.4, -0.2) is 27.7 Å². The lowest BCUT2D eigenvalue weighted by molar-refractivity contribution is 0.261. The van der Waals surface area contributed by atoms with Gasteiger partial charge in [0.25, 0.3) is 0 Å². The lowest BCUT2D eigenvalue weighted by atomic mass is 10.1. The zero-order valence-electron chi connectivity index (χ0n) is 8.48. The molecule has 0 aromatic carbocycles. The molecule has 0 radical (unpaired) electrons. The molecule has 0 fully saturated rings. The van der Waals surface area contributed by atoms with Crippen molar-refractivity contribution in [1.82, 2.24) is 15.3 Å². The van der Waals surface area contributed by atoms with E-state index in [1.165, 1.54) is 0 Å². The minimum absolute atomic E-state index is 0.223. The minimum atomic E-state index is 0.223. The Bertz CT molecular complexity index is 240. The van der Waals surface area contributed by atoms with Crippen LogP contribution >= 0.6 is 0 Å². The van der Waals surface area contributed by atoms with Gasteiger partial charge in [0, 0.05) is 25.0 Å². The Morgan fingerprint density at radius 2 is 2.14 bits per heavy atom. The highest BCUT2D eigenvalue weighted by molar-refractivity contribution is 4.88. The molecule has 1 unspecified atom stereocenters. The molecule has 1 rings (SSSR count). The molecule has 1 aromatic heterocycles. The molecule has 0 spiro atoms. The smallest absolute Gasteiger partial charge is 0.141 e. The standard InChI is InChI=1S/C10H17N3O/c1-2-9(4-7-14)13-8-10-11-5-3-6-12-10/h3,5-6,9,13-14H,2,4,7-8H2,1H3. The summed E-state index contributed by atoms with van der Waals surface area (Å²) >= 11 is 0. The van der Waals surface area contributed by atoms with Crippen LogP contribution in [0.3, 0.4) is 0 Å². The second-order valence-corrected chi connectivity index (χ2v) is 3.16. The molecule has 78 valence electrons. The first kappa shape index (κ1) is 11.1. The summed E-state index contributed by atoms with van der Waals surface area (Å²) in [7, 11) is 0. The van der Waals surface area contributed by atoms with Crippen molar-refractivity contribution < 1.29 is 5.11 Å². The van der Waals surface area contributed by atoms with E-state index in [2.05, 4.69) is 22.2 Å². The first-order chi connectivity index (χ1) is 6.86. The van der Waals surface area contributed by atoms with Gasteiger partial charge in [0.1, 0.15) is 5.82 Å². The summed E-state index contributed by atoms with van der Waals surface area (Å²) in [6, 6.07) is 2.15. The molecule has 2 N–H and O–H groups in total. The third-order valence-electron chi connectivity index (χ3n) is 2.14. The maximum atomic E-state index is 8.79. The van der Waals surface area contributed by atoms with E-state index >= 15 is 0 Å². The van der Waals surface area contributed by atoms with Crippen molar-refractivity contribution in [2.75, 3.05) is 6.61 Å². The summed E-state index contributed by atoms with van der Waals surface area (Å²) < 4.78 is 0. The van der Waals surface area contributed by atoms with Crippen LogP contribution in [0, 0.1) is 0 Å². The van der Waals surface area contributed by atoms with Crippen molar-refractivity contribution in [3.63, 3.8) is 0 Å². The summed E-state index contributed by atoms with van der Waals surface area (Å²) in [5.74, 6) is 0.795. The van der Waals surface area contributed by atoms with Crippen molar-refractivity contribution in [3.05, 3.63) is 24.3 Å². The highest BCUT2D eigenvalue weighted by atomic mass is 16.3. The lowest BCUT2D eigenvalue weighted by Gasteiger charge is -2.14. The van der Waals surface area contributed by atoms with E-state index in [1.807, 2.05) is 0 Å². The molecule has 14 heavy (non-hydrogen) atoms. The zero-order valence-corrected chi connectivity index (χ0v) is 8.48. The maximum absolute atomic E-state index is 8.79. The Hall–Kier alpha value is -1.00. The van der Waals surface area contributed by atoms with Gasteiger partial charge < -0.3 is 10.4 Å². The fourth-order valence-corrected chi connectivity index (χ4v) is 1.26. The SMILES string of the molecule is CCC(CCO)NCc1ncccn1. The molecular formula is C10H17N3O. The molecule has 1 atom stereocenters. The number of aromatic nitrogens is 2. The zero-order chi connectivity index (χ0) is 10.2. The summed E-state index contributed by atoms with van der Waals surface area (Å²) in [4.78, 5) is 8.22. The molecule has 0 aliphatic rings. The summed E-state index contributed by atoms with van der Waals surface area (Å²) in [5.41, 5.74) is 0. The fourth-order valence-electron chi connectivity index (χ4n) is 1.26. The van der Waals surface area contributed by atoms with Gasteiger partial charge in [-0.2, -0.15) is 0 Å². The van der Waals surface area contributed by atoms with Gasteiger partial charge in [0.2, 0.25) is 0 Å². The van der Waals surface area contributed by atoms with Crippen molar-refractivity contribution in [2.45, 2.75) is 32.4 Å². The number of hydrogen-bond donors (Lipinski definition) is 2. The second-order valence-electron chi connectivity index (χ2n) is 3.16. The van der Waals surface area contributed by atoms with Crippen LogP contribution in [0.15, 0.2) is 18.5 Å². The molecule has 1 aromatic rings. The van der Waals surface area contributed by atoms with Gasteiger partial charge in [-0.25, -0.2) is 9.97 Å². The number of aliphatic hydroxyl groups is 1. The fraction of sp³-hybridized carbons (Fsp3) is 0.600. The first-order valence-electron chi connectivity index (χ1n) is 4.97. The quantitative estimate of drug-likeness (QED) is 0.702. The van der Waals surface area contributed by atoms with Crippen LogP contribution in [0.25, 0.3) is 0 Å². The van der Waals surface area contributed by atoms with Gasteiger partial charge in [-0.15, -0.1) is 0 Å². The van der Waals surface area contributed by atoms with Crippen LogP contribution in [0.2, 0.25) is 0 Å². The van der Waals surface area contributed by atoms with Crippen LogP contribution < -0.4 is 5.32 Å². The average Bonchev–Trinajstić information content (AvgIpc) is 2.25. The molecule has 0 saturated heterocycles. The number of nitrogens with zero attached hydrogens (tertiary/aromatic N) is 2. The maximum Gasteiger partial charge on any atom is 0.141 e. The molecule has 0 amide bonds. The van der Waals surface area contributed by atoms with Crippen LogP contribution in [0.5, 0.6) is 0 Å². The number of nitrogens with one attached hydrogen (secondary N) is 1. The van der Waals surface area contributed by atoms with E-state index in [-0.39, 0.29) is 6.61 Å². The van der Waals surface area contributed by atoms with Crippen molar-refractivity contribution in [2.24, 2.45) is 0 Å². The first-order valence-corrected chi connectivity index (χ1v) is 4.97. The normalized spacial score (nSPS) is 12.7. The molecule has 4 heteroatoms. The summed E-state index contributed by atoms with van der Waals surface area (Å²) in [5, 5.41) is 12.1. The van der Waals surface area contributed by atoms with E-state index in [0.29, 0.717) is 12.6 Å². The largest absolute Gasteiger partial charge is 0.396 e. The van der Waals surface area contributed by atoms with E-state index in [1.54, 1.807) is 18.5 Å². The van der Waals surface area contributed by atoms with Crippen molar-refractivity contribution >= 4 is 0 Å². The lowest BCUT2D eigenvalue weighted by Crippen LogP contribution is -2.29. The number of rotatable bonds is 6. The van der Waals surface area contributed by atoms with Crippen LogP contribution in [-0.2, 0) is 6.54 Å². The van der Waals surface area contributed by atoms with Crippen LogP contribution in [0.4, 0.5) is 0 Å². The molecule has 4 nitrogen and oxygen atoms in total. The summed E-state index contributed by atoms with van der Waals surface area (Å²) in [6.07, 6.45) is 5.25. The Morgan fingerprint density at radius 1 is 1.43 bits per heavy atom. The predicted octanol–water partition coefficient (Wildman–Crippen LogP) is 0.727. The Morgan fingerprint density at radius 3 is 2.71 bits per heavy atom. The van der Waals surface area contributed by atoms with Gasteiger partial charge in [-0.3, -0.25) is 0 Å². The predicted molar refractivity (Wildman–Crippen MR) is 54.7 cm³/mol. The molecule has 0 aliphatic carbocycles. The van der Waals surface area contributed by atoms with E-state index in [4.69, 9.17) is 5.11 Å². The molecular weight excluding hydrogens is 178 g/mol. The molecule has 0 bridgehead atoms. The average molecular weight is 195 g/mol. The van der Waals surface area contributed by atoms with E-state index < -0.39 is 0 Å². The Balaban J connectivity index is 2.32. The van der Waals surface area contributed by atoms with Crippen LogP contribution in [0.1, 0.15) is 25.6 Å². The Kier molecular flexibility index (Phi) is 5.11. The topological polar surface area (TPSA) is 58.0 Å². The molecule has 0 saturated carbocycles. The monoisotopic (exact) mass is 195 g/mol. The number of hydrogen-bond acceptors (Lipinski definition) is 4. The second kappa shape index (κ2) is 6.45. The molecule has 0 aliphatic heterocycles. The van der Waals surface area contributed by atoms with Gasteiger partial charge in [-0.1, -0.05) is 6.92 Å². The van der Waals surface area contributed by atoms with Gasteiger partial charge in [0.15, 0.2) is 0 Å². The van der Waals surface area contributed by atoms with E-state index in [9.17, 15) is 0 Å². The van der Waals surface area contributed by atoms with Gasteiger partial charge >= 0.3 is 0 Å². The van der Waals surface area contributed by atoms with Gasteiger partial charge in [-0.05, 0) is 18.9 Å². The van der Waals surface area contributed by atoms with Gasteiger partial charge in [0.05, 0.1) is 6.54 Å². The van der Waals surface area contributed by atoms with Crippen molar-refractivity contribution in [3.8, 4) is 0 Å². The van der Waals surface area contributed by atoms with Crippen molar-refractivity contribution in [1.29, 1.82) is 0 Å². The third-order valence-corrected chi connectivity index (χ3v) is 2.14. The Labute approximate surface area is 84.4 Å².